The number of hydrogen-bond donors (Lipinski definition) is 1. The summed E-state index contributed by atoms with van der Waals surface area (Å²) in [6.45, 7) is 1.90. The van der Waals surface area contributed by atoms with E-state index >= 15 is 0 Å². The van der Waals surface area contributed by atoms with E-state index in [0.717, 1.165) is 16.8 Å². The molecule has 9 heteroatoms. The number of nitrogen functional groups attached to an aromatic ring is 1. The molecule has 1 aromatic carbocycles. The molecule has 0 amide bonds. The summed E-state index contributed by atoms with van der Waals surface area (Å²) >= 11 is 0. The Balaban J connectivity index is 1.99. The van der Waals surface area contributed by atoms with Crippen LogP contribution < -0.4 is 10.5 Å². The molecule has 0 aliphatic carbocycles. The molecule has 4 aromatic rings. The minimum Gasteiger partial charge on any atom is -0.406 e. The van der Waals surface area contributed by atoms with Gasteiger partial charge in [-0.1, -0.05) is 18.1 Å². The van der Waals surface area contributed by atoms with Crippen LogP contribution in [0.5, 0.6) is 5.75 Å². The lowest BCUT2D eigenvalue weighted by Crippen LogP contribution is -2.16. The molecule has 0 aliphatic heterocycles. The number of terminal acetylenes is 1. The average molecular weight is 423 g/mol. The number of aryl methyl sites for hydroxylation is 2. The Morgan fingerprint density at radius 2 is 1.84 bits per heavy atom. The number of nitrogens with zero attached hydrogens (tertiary/aromatic N) is 4. The van der Waals surface area contributed by atoms with Gasteiger partial charge in [0.15, 0.2) is 0 Å². The molecule has 0 spiro atoms. The van der Waals surface area contributed by atoms with Gasteiger partial charge >= 0.3 is 6.36 Å². The molecule has 3 heterocycles. The van der Waals surface area contributed by atoms with Crippen molar-refractivity contribution in [2.75, 3.05) is 5.73 Å². The number of alkyl halides is 3. The molecule has 0 saturated heterocycles. The van der Waals surface area contributed by atoms with Crippen LogP contribution in [-0.4, -0.2) is 25.9 Å². The van der Waals surface area contributed by atoms with Gasteiger partial charge in [-0.15, -0.1) is 19.6 Å². The smallest absolute Gasteiger partial charge is 0.406 e. The molecule has 0 unspecified atom stereocenters. The number of nitrogens with two attached hydrogens (primary N) is 1. The van der Waals surface area contributed by atoms with Crippen molar-refractivity contribution in [2.45, 2.75) is 13.3 Å². The molecule has 2 N–H and O–H groups in total. The first-order valence-corrected chi connectivity index (χ1v) is 9.08. The Morgan fingerprint density at radius 1 is 1.13 bits per heavy atom. The van der Waals surface area contributed by atoms with Gasteiger partial charge in [-0.05, 0) is 36.2 Å². The van der Waals surface area contributed by atoms with E-state index in [0.29, 0.717) is 27.9 Å². The minimum atomic E-state index is -4.77. The second-order valence-electron chi connectivity index (χ2n) is 6.84. The van der Waals surface area contributed by atoms with Crippen molar-refractivity contribution in [3.05, 3.63) is 54.1 Å². The first-order chi connectivity index (χ1) is 14.7. The summed E-state index contributed by atoms with van der Waals surface area (Å²) in [4.78, 5) is 12.7. The first kappa shape index (κ1) is 20.2. The van der Waals surface area contributed by atoms with Crippen molar-refractivity contribution >= 4 is 16.9 Å². The summed E-state index contributed by atoms with van der Waals surface area (Å²) in [7, 11) is 1.82. The summed E-state index contributed by atoms with van der Waals surface area (Å²) in [6.07, 6.45) is 3.70. The molecular formula is C22H16F3N5O. The number of hydrogen-bond acceptors (Lipinski definition) is 5. The van der Waals surface area contributed by atoms with Gasteiger partial charge in [-0.3, -0.25) is 0 Å². The van der Waals surface area contributed by atoms with Gasteiger partial charge in [0.2, 0.25) is 0 Å². The maximum atomic E-state index is 12.5. The van der Waals surface area contributed by atoms with E-state index in [4.69, 9.17) is 12.2 Å². The maximum Gasteiger partial charge on any atom is 0.573 e. The van der Waals surface area contributed by atoms with Gasteiger partial charge in [0, 0.05) is 24.4 Å². The lowest BCUT2D eigenvalue weighted by molar-refractivity contribution is -0.274. The summed E-state index contributed by atoms with van der Waals surface area (Å²) in [5.41, 5.74) is 10.9. The van der Waals surface area contributed by atoms with Crippen molar-refractivity contribution in [3.63, 3.8) is 0 Å². The molecule has 3 aromatic heterocycles. The molecule has 0 radical (unpaired) electrons. The van der Waals surface area contributed by atoms with Crippen LogP contribution >= 0.6 is 0 Å². The van der Waals surface area contributed by atoms with Gasteiger partial charge < -0.3 is 15.0 Å². The second kappa shape index (κ2) is 7.32. The van der Waals surface area contributed by atoms with Crippen LogP contribution in [-0.2, 0) is 7.05 Å². The Morgan fingerprint density at radius 3 is 2.45 bits per heavy atom. The van der Waals surface area contributed by atoms with Crippen LogP contribution in [0.3, 0.4) is 0 Å². The highest BCUT2D eigenvalue weighted by Crippen LogP contribution is 2.42. The molecule has 6 nitrogen and oxygen atoms in total. The number of fused-ring (bicyclic) bond motifs is 1. The van der Waals surface area contributed by atoms with Crippen LogP contribution in [0.2, 0.25) is 0 Å². The van der Waals surface area contributed by atoms with Gasteiger partial charge in [0.1, 0.15) is 29.2 Å². The van der Waals surface area contributed by atoms with E-state index in [1.54, 1.807) is 12.3 Å². The van der Waals surface area contributed by atoms with Crippen LogP contribution in [0, 0.1) is 19.3 Å². The van der Waals surface area contributed by atoms with E-state index in [9.17, 15) is 13.2 Å². The van der Waals surface area contributed by atoms with Gasteiger partial charge in [0.05, 0.1) is 11.1 Å². The van der Waals surface area contributed by atoms with E-state index in [1.807, 2.05) is 18.5 Å². The quantitative estimate of drug-likeness (QED) is 0.492. The Hall–Kier alpha value is -4.06. The molecule has 0 saturated carbocycles. The monoisotopic (exact) mass is 423 g/mol. The van der Waals surface area contributed by atoms with Crippen molar-refractivity contribution in [3.8, 4) is 40.5 Å². The van der Waals surface area contributed by atoms with Crippen molar-refractivity contribution in [1.29, 1.82) is 0 Å². The van der Waals surface area contributed by atoms with E-state index < -0.39 is 6.36 Å². The molecule has 4 rings (SSSR count). The largest absolute Gasteiger partial charge is 0.573 e. The normalized spacial score (nSPS) is 11.5. The molecule has 0 bridgehead atoms. The van der Waals surface area contributed by atoms with E-state index in [1.165, 1.54) is 30.6 Å². The standard InChI is InChI=1S/C22H16F3N5O/c1-4-14-9-12(2)16(10-27-14)19-17(18-20(26)28-11-29-21(18)30(19)3)13-5-7-15(8-6-13)31-22(23,24)25/h1,5-11H,2-3H3,(H2,26,28,29). The Labute approximate surface area is 175 Å². The number of rotatable bonds is 3. The number of halogens is 3. The summed E-state index contributed by atoms with van der Waals surface area (Å²) in [5, 5.41) is 0.588. The zero-order valence-corrected chi connectivity index (χ0v) is 16.5. The van der Waals surface area contributed by atoms with Crippen LogP contribution in [0.4, 0.5) is 19.0 Å². The fourth-order valence-electron chi connectivity index (χ4n) is 3.58. The van der Waals surface area contributed by atoms with Crippen LogP contribution in [0.1, 0.15) is 11.3 Å². The van der Waals surface area contributed by atoms with Gasteiger partial charge in [0.25, 0.3) is 0 Å². The van der Waals surface area contributed by atoms with Crippen LogP contribution in [0.25, 0.3) is 33.4 Å². The lowest BCUT2D eigenvalue weighted by atomic mass is 9.97. The topological polar surface area (TPSA) is 78.9 Å². The molecule has 0 atom stereocenters. The highest BCUT2D eigenvalue weighted by Gasteiger charge is 2.31. The third-order valence-electron chi connectivity index (χ3n) is 4.89. The predicted octanol–water partition coefficient (Wildman–Crippen LogP) is 4.47. The number of benzene rings is 1. The third-order valence-corrected chi connectivity index (χ3v) is 4.89. The van der Waals surface area contributed by atoms with E-state index in [-0.39, 0.29) is 11.6 Å². The highest BCUT2D eigenvalue weighted by molar-refractivity contribution is 6.07. The molecule has 0 fully saturated rings. The fraction of sp³-hybridized carbons (Fsp3) is 0.136. The SMILES string of the molecule is C#Cc1cc(C)c(-c2c(-c3ccc(OC(F)(F)F)cc3)c3c(N)ncnc3n2C)cn1. The molecule has 31 heavy (non-hydrogen) atoms. The summed E-state index contributed by atoms with van der Waals surface area (Å²) in [6, 6.07) is 7.34. The zero-order valence-electron chi connectivity index (χ0n) is 16.5. The number of aromatic nitrogens is 4. The maximum absolute atomic E-state index is 12.5. The molecule has 0 aliphatic rings. The fourth-order valence-corrected chi connectivity index (χ4v) is 3.58. The first-order valence-electron chi connectivity index (χ1n) is 9.08. The predicted molar refractivity (Wildman–Crippen MR) is 111 cm³/mol. The zero-order chi connectivity index (χ0) is 22.3. The number of ether oxygens (including phenoxy) is 1. The Kier molecular flexibility index (Phi) is 4.78. The number of anilines is 1. The van der Waals surface area contributed by atoms with Crippen molar-refractivity contribution < 1.29 is 17.9 Å². The third kappa shape index (κ3) is 3.64. The van der Waals surface area contributed by atoms with E-state index in [2.05, 4.69) is 25.6 Å². The average Bonchev–Trinajstić information content (AvgIpc) is 3.01. The summed E-state index contributed by atoms with van der Waals surface area (Å²) < 4.78 is 43.5. The minimum absolute atomic E-state index is 0.253. The van der Waals surface area contributed by atoms with Gasteiger partial charge in [-0.2, -0.15) is 0 Å². The molecular weight excluding hydrogens is 407 g/mol. The van der Waals surface area contributed by atoms with Crippen LogP contribution in [0.15, 0.2) is 42.9 Å². The Bertz CT molecular complexity index is 1330. The number of pyridine rings is 1. The molecule has 156 valence electrons. The lowest BCUT2D eigenvalue weighted by Gasteiger charge is -2.12. The second-order valence-corrected chi connectivity index (χ2v) is 6.84. The van der Waals surface area contributed by atoms with Crippen molar-refractivity contribution in [2.24, 2.45) is 7.05 Å². The summed E-state index contributed by atoms with van der Waals surface area (Å²) in [5.74, 6) is 2.43. The van der Waals surface area contributed by atoms with Crippen molar-refractivity contribution in [1.82, 2.24) is 19.5 Å². The highest BCUT2D eigenvalue weighted by atomic mass is 19.4. The van der Waals surface area contributed by atoms with Gasteiger partial charge in [-0.25, -0.2) is 15.0 Å².